The molecule has 1 aromatic heterocycles. The third kappa shape index (κ3) is 4.20. The summed E-state index contributed by atoms with van der Waals surface area (Å²) < 4.78 is 25.6. The normalized spacial score (nSPS) is 20.2. The highest BCUT2D eigenvalue weighted by atomic mass is 32.2. The molecule has 0 radical (unpaired) electrons. The van der Waals surface area contributed by atoms with Crippen molar-refractivity contribution in [3.8, 4) is 0 Å². The van der Waals surface area contributed by atoms with Crippen LogP contribution >= 0.6 is 0 Å². The van der Waals surface area contributed by atoms with Gasteiger partial charge in [0.05, 0.1) is 17.2 Å². The second kappa shape index (κ2) is 6.84. The van der Waals surface area contributed by atoms with Crippen LogP contribution in [0, 0.1) is 0 Å². The highest BCUT2D eigenvalue weighted by Crippen LogP contribution is 2.22. The Morgan fingerprint density at radius 1 is 1.22 bits per heavy atom. The standard InChI is InChI=1S/C17H23N3O2S/c1-2-20-10-8-16(18-20)13-19(12-15-6-4-3-5-7-15)17-9-11-23(21,22)14-17/h3-8,10,17H,2,9,11-14H2,1H3/t17-/m1/s1. The fourth-order valence-corrected chi connectivity index (χ4v) is 4.83. The Morgan fingerprint density at radius 3 is 2.61 bits per heavy atom. The maximum atomic E-state index is 11.9. The van der Waals surface area contributed by atoms with E-state index in [0.717, 1.165) is 18.8 Å². The minimum atomic E-state index is -2.89. The third-order valence-electron chi connectivity index (χ3n) is 4.34. The Labute approximate surface area is 137 Å². The number of sulfone groups is 1. The summed E-state index contributed by atoms with van der Waals surface area (Å²) in [5.74, 6) is 0.556. The van der Waals surface area contributed by atoms with E-state index in [2.05, 4.69) is 29.1 Å². The van der Waals surface area contributed by atoms with Crippen LogP contribution in [0.25, 0.3) is 0 Å². The number of aromatic nitrogens is 2. The summed E-state index contributed by atoms with van der Waals surface area (Å²) in [5, 5.41) is 4.54. The lowest BCUT2D eigenvalue weighted by Crippen LogP contribution is -2.35. The molecule has 0 spiro atoms. The van der Waals surface area contributed by atoms with Gasteiger partial charge in [-0.15, -0.1) is 0 Å². The highest BCUT2D eigenvalue weighted by Gasteiger charge is 2.32. The predicted molar refractivity (Wildman–Crippen MR) is 90.6 cm³/mol. The Morgan fingerprint density at radius 2 is 2.00 bits per heavy atom. The lowest BCUT2D eigenvalue weighted by molar-refractivity contribution is 0.191. The van der Waals surface area contributed by atoms with Crippen molar-refractivity contribution in [3.05, 3.63) is 53.9 Å². The first-order valence-corrected chi connectivity index (χ1v) is 9.88. The first kappa shape index (κ1) is 16.2. The molecule has 2 aromatic rings. The van der Waals surface area contributed by atoms with Gasteiger partial charge in [-0.05, 0) is 25.0 Å². The number of nitrogens with zero attached hydrogens (tertiary/aromatic N) is 3. The van der Waals surface area contributed by atoms with E-state index in [0.29, 0.717) is 18.7 Å². The maximum Gasteiger partial charge on any atom is 0.151 e. The molecule has 0 amide bonds. The van der Waals surface area contributed by atoms with Gasteiger partial charge >= 0.3 is 0 Å². The molecule has 1 atom stereocenters. The summed E-state index contributed by atoms with van der Waals surface area (Å²) in [7, 11) is -2.89. The summed E-state index contributed by atoms with van der Waals surface area (Å²) in [4.78, 5) is 2.25. The van der Waals surface area contributed by atoms with E-state index in [1.54, 1.807) is 0 Å². The van der Waals surface area contributed by atoms with Crippen LogP contribution < -0.4 is 0 Å². The summed E-state index contributed by atoms with van der Waals surface area (Å²) in [6, 6.07) is 12.3. The van der Waals surface area contributed by atoms with Gasteiger partial charge in [-0.1, -0.05) is 30.3 Å². The maximum absolute atomic E-state index is 11.9. The molecule has 0 saturated carbocycles. The average molecular weight is 333 g/mol. The lowest BCUT2D eigenvalue weighted by Gasteiger charge is -2.27. The molecule has 23 heavy (non-hydrogen) atoms. The van der Waals surface area contributed by atoms with Crippen molar-refractivity contribution in [2.45, 2.75) is 39.0 Å². The monoisotopic (exact) mass is 333 g/mol. The van der Waals surface area contributed by atoms with E-state index in [4.69, 9.17) is 0 Å². The Kier molecular flexibility index (Phi) is 4.82. The SMILES string of the molecule is CCn1ccc(CN(Cc2ccccc2)[C@@H]2CCS(=O)(=O)C2)n1. The Hall–Kier alpha value is -1.66. The molecule has 1 saturated heterocycles. The molecule has 2 heterocycles. The van der Waals surface area contributed by atoms with Crippen LogP contribution in [-0.4, -0.2) is 40.6 Å². The molecular weight excluding hydrogens is 310 g/mol. The van der Waals surface area contributed by atoms with Gasteiger partial charge in [-0.2, -0.15) is 5.10 Å². The van der Waals surface area contributed by atoms with Gasteiger partial charge in [0, 0.05) is 31.9 Å². The van der Waals surface area contributed by atoms with Crippen molar-refractivity contribution in [2.75, 3.05) is 11.5 Å². The summed E-state index contributed by atoms with van der Waals surface area (Å²) >= 11 is 0. The second-order valence-electron chi connectivity index (χ2n) is 6.11. The van der Waals surface area contributed by atoms with Crippen LogP contribution in [0.3, 0.4) is 0 Å². The minimum Gasteiger partial charge on any atom is -0.289 e. The molecule has 124 valence electrons. The first-order chi connectivity index (χ1) is 11.1. The van der Waals surface area contributed by atoms with E-state index < -0.39 is 9.84 Å². The molecule has 0 aliphatic carbocycles. The molecular formula is C17H23N3O2S. The Balaban J connectivity index is 1.78. The largest absolute Gasteiger partial charge is 0.289 e. The third-order valence-corrected chi connectivity index (χ3v) is 6.09. The fourth-order valence-electron chi connectivity index (χ4n) is 3.07. The quantitative estimate of drug-likeness (QED) is 0.812. The van der Waals surface area contributed by atoms with E-state index in [9.17, 15) is 8.42 Å². The van der Waals surface area contributed by atoms with Gasteiger partial charge in [0.15, 0.2) is 9.84 Å². The molecule has 0 unspecified atom stereocenters. The number of hydrogen-bond acceptors (Lipinski definition) is 4. The van der Waals surface area contributed by atoms with Crippen LogP contribution in [0.5, 0.6) is 0 Å². The van der Waals surface area contributed by atoms with Crippen LogP contribution in [0.15, 0.2) is 42.6 Å². The average Bonchev–Trinajstić information content (AvgIpc) is 3.13. The zero-order chi connectivity index (χ0) is 16.3. The van der Waals surface area contributed by atoms with Crippen molar-refractivity contribution in [2.24, 2.45) is 0 Å². The molecule has 0 N–H and O–H groups in total. The van der Waals surface area contributed by atoms with Crippen molar-refractivity contribution in [3.63, 3.8) is 0 Å². The molecule has 5 nitrogen and oxygen atoms in total. The van der Waals surface area contributed by atoms with Crippen molar-refractivity contribution >= 4 is 9.84 Å². The van der Waals surface area contributed by atoms with E-state index in [1.807, 2.05) is 35.1 Å². The molecule has 1 aliphatic heterocycles. The Bertz CT molecular complexity index is 740. The highest BCUT2D eigenvalue weighted by molar-refractivity contribution is 7.91. The number of aryl methyl sites for hydroxylation is 1. The van der Waals surface area contributed by atoms with Gasteiger partial charge in [0.2, 0.25) is 0 Å². The van der Waals surface area contributed by atoms with Gasteiger partial charge in [-0.25, -0.2) is 8.42 Å². The zero-order valence-electron chi connectivity index (χ0n) is 13.4. The van der Waals surface area contributed by atoms with E-state index >= 15 is 0 Å². The predicted octanol–water partition coefficient (Wildman–Crippen LogP) is 2.09. The van der Waals surface area contributed by atoms with Gasteiger partial charge in [0.25, 0.3) is 0 Å². The molecule has 0 bridgehead atoms. The van der Waals surface area contributed by atoms with Crippen LogP contribution in [0.4, 0.5) is 0 Å². The minimum absolute atomic E-state index is 0.0759. The van der Waals surface area contributed by atoms with E-state index in [-0.39, 0.29) is 11.8 Å². The summed E-state index contributed by atoms with van der Waals surface area (Å²) in [6.07, 6.45) is 2.69. The number of rotatable bonds is 6. The molecule has 6 heteroatoms. The zero-order valence-corrected chi connectivity index (χ0v) is 14.2. The summed E-state index contributed by atoms with van der Waals surface area (Å²) in [5.41, 5.74) is 2.19. The molecule has 1 fully saturated rings. The van der Waals surface area contributed by atoms with Crippen LogP contribution in [0.2, 0.25) is 0 Å². The van der Waals surface area contributed by atoms with Gasteiger partial charge in [-0.3, -0.25) is 9.58 Å². The molecule has 3 rings (SSSR count). The van der Waals surface area contributed by atoms with Gasteiger partial charge < -0.3 is 0 Å². The molecule has 1 aromatic carbocycles. The summed E-state index contributed by atoms with van der Waals surface area (Å²) in [6.45, 7) is 4.33. The number of benzene rings is 1. The smallest absolute Gasteiger partial charge is 0.151 e. The van der Waals surface area contributed by atoms with E-state index in [1.165, 1.54) is 5.56 Å². The van der Waals surface area contributed by atoms with Crippen molar-refractivity contribution in [1.82, 2.24) is 14.7 Å². The van der Waals surface area contributed by atoms with Crippen LogP contribution in [-0.2, 0) is 29.5 Å². The van der Waals surface area contributed by atoms with Crippen molar-refractivity contribution < 1.29 is 8.42 Å². The van der Waals surface area contributed by atoms with Gasteiger partial charge in [0.1, 0.15) is 0 Å². The number of hydrogen-bond donors (Lipinski definition) is 0. The second-order valence-corrected chi connectivity index (χ2v) is 8.34. The fraction of sp³-hybridized carbons (Fsp3) is 0.471. The first-order valence-electron chi connectivity index (χ1n) is 8.06. The van der Waals surface area contributed by atoms with Crippen molar-refractivity contribution in [1.29, 1.82) is 0 Å². The molecule has 1 aliphatic rings. The topological polar surface area (TPSA) is 55.2 Å². The lowest BCUT2D eigenvalue weighted by atomic mass is 10.1. The van der Waals surface area contributed by atoms with Crippen LogP contribution in [0.1, 0.15) is 24.6 Å².